The molecule has 0 spiro atoms. The summed E-state index contributed by atoms with van der Waals surface area (Å²) >= 11 is 3.76. The molecule has 1 aliphatic rings. The van der Waals surface area contributed by atoms with Gasteiger partial charge in [-0.05, 0) is 22.9 Å². The molecule has 0 radical (unpaired) electrons. The van der Waals surface area contributed by atoms with Gasteiger partial charge in [-0.1, -0.05) is 60.9 Å². The summed E-state index contributed by atoms with van der Waals surface area (Å²) < 4.78 is 1.52. The van der Waals surface area contributed by atoms with Crippen LogP contribution in [0.15, 0.2) is 10.2 Å². The monoisotopic (exact) mass is 260 g/mol. The van der Waals surface area contributed by atoms with Crippen LogP contribution in [0.5, 0.6) is 0 Å². The Balaban J connectivity index is 2.53. The first-order chi connectivity index (χ1) is 6.00. The molecule has 2 heteroatoms. The molecule has 1 aliphatic carbocycles. The minimum atomic E-state index is -1.07. The standard InChI is InChI=1S/C11H21BrSi/c1-13(2,3)11(12)9-10-7-5-4-6-8-10/h9-10H,4-8H2,1-3H3/b11-9+. The van der Waals surface area contributed by atoms with Crippen LogP contribution in [0.2, 0.25) is 19.6 Å². The van der Waals surface area contributed by atoms with Gasteiger partial charge in [0.25, 0.3) is 0 Å². The molecule has 1 rings (SSSR count). The molecular formula is C11H21BrSi. The molecule has 0 aromatic carbocycles. The van der Waals surface area contributed by atoms with E-state index in [1.54, 1.807) is 0 Å². The van der Waals surface area contributed by atoms with Crippen LogP contribution in [0.4, 0.5) is 0 Å². The highest BCUT2D eigenvalue weighted by Gasteiger charge is 2.19. The largest absolute Gasteiger partial charge is 0.0861 e. The van der Waals surface area contributed by atoms with Crippen molar-refractivity contribution < 1.29 is 0 Å². The maximum absolute atomic E-state index is 3.76. The third kappa shape index (κ3) is 3.99. The summed E-state index contributed by atoms with van der Waals surface area (Å²) in [7, 11) is -1.07. The van der Waals surface area contributed by atoms with Crippen LogP contribution in [0.1, 0.15) is 32.1 Å². The Morgan fingerprint density at radius 1 is 1.15 bits per heavy atom. The van der Waals surface area contributed by atoms with Crippen molar-refractivity contribution in [3.8, 4) is 0 Å². The Morgan fingerprint density at radius 3 is 2.15 bits per heavy atom. The first kappa shape index (κ1) is 11.5. The summed E-state index contributed by atoms with van der Waals surface area (Å²) in [4.78, 5) is 0. The minimum absolute atomic E-state index is 0.870. The van der Waals surface area contributed by atoms with E-state index in [-0.39, 0.29) is 0 Å². The predicted octanol–water partition coefficient (Wildman–Crippen LogP) is 4.72. The smallest absolute Gasteiger partial charge is 0.0754 e. The van der Waals surface area contributed by atoms with Crippen LogP contribution in [-0.2, 0) is 0 Å². The van der Waals surface area contributed by atoms with E-state index in [0.717, 1.165) is 5.92 Å². The van der Waals surface area contributed by atoms with E-state index in [1.807, 2.05) is 0 Å². The summed E-state index contributed by atoms with van der Waals surface area (Å²) in [5.41, 5.74) is 0. The summed E-state index contributed by atoms with van der Waals surface area (Å²) in [6.07, 6.45) is 9.67. The van der Waals surface area contributed by atoms with Crippen molar-refractivity contribution in [3.05, 3.63) is 10.2 Å². The lowest BCUT2D eigenvalue weighted by atomic mass is 9.90. The van der Waals surface area contributed by atoms with E-state index < -0.39 is 8.07 Å². The first-order valence-electron chi connectivity index (χ1n) is 5.38. The van der Waals surface area contributed by atoms with Gasteiger partial charge >= 0.3 is 0 Å². The molecule has 1 saturated carbocycles. The second kappa shape index (κ2) is 4.79. The number of allylic oxidation sites excluding steroid dienone is 1. The second-order valence-electron chi connectivity index (χ2n) is 5.16. The number of rotatable bonds is 2. The van der Waals surface area contributed by atoms with E-state index in [0.29, 0.717) is 0 Å². The Morgan fingerprint density at radius 2 is 1.69 bits per heavy atom. The van der Waals surface area contributed by atoms with Crippen LogP contribution in [0.25, 0.3) is 0 Å². The van der Waals surface area contributed by atoms with Gasteiger partial charge in [0.1, 0.15) is 0 Å². The number of halogens is 1. The molecule has 0 amide bonds. The Kier molecular flexibility index (Phi) is 4.24. The van der Waals surface area contributed by atoms with Gasteiger partial charge < -0.3 is 0 Å². The zero-order chi connectivity index (χ0) is 9.90. The molecule has 0 N–H and O–H groups in total. The highest BCUT2D eigenvalue weighted by atomic mass is 79.9. The quantitative estimate of drug-likeness (QED) is 0.631. The fraction of sp³-hybridized carbons (Fsp3) is 0.818. The maximum atomic E-state index is 3.76. The molecule has 13 heavy (non-hydrogen) atoms. The Bertz CT molecular complexity index is 185. The van der Waals surface area contributed by atoms with E-state index in [2.05, 4.69) is 41.6 Å². The molecule has 0 bridgehead atoms. The maximum Gasteiger partial charge on any atom is 0.0861 e. The summed E-state index contributed by atoms with van der Waals surface area (Å²) in [6.45, 7) is 7.20. The molecular weight excluding hydrogens is 240 g/mol. The van der Waals surface area contributed by atoms with Crippen molar-refractivity contribution in [2.45, 2.75) is 51.7 Å². The van der Waals surface area contributed by atoms with E-state index in [1.165, 1.54) is 36.2 Å². The highest BCUT2D eigenvalue weighted by molar-refractivity contribution is 9.12. The van der Waals surface area contributed by atoms with Crippen molar-refractivity contribution in [2.75, 3.05) is 0 Å². The average molecular weight is 261 g/mol. The third-order valence-corrected chi connectivity index (χ3v) is 8.18. The molecule has 0 unspecified atom stereocenters. The van der Waals surface area contributed by atoms with Crippen LogP contribution < -0.4 is 0 Å². The minimum Gasteiger partial charge on any atom is -0.0754 e. The second-order valence-corrected chi connectivity index (χ2v) is 11.8. The topological polar surface area (TPSA) is 0 Å². The zero-order valence-electron chi connectivity index (χ0n) is 9.07. The third-order valence-electron chi connectivity index (χ3n) is 2.75. The number of hydrogen-bond donors (Lipinski definition) is 0. The summed E-state index contributed by atoms with van der Waals surface area (Å²) in [5, 5.41) is 0. The first-order valence-corrected chi connectivity index (χ1v) is 9.67. The SMILES string of the molecule is C[Si](C)(C)/C(Br)=C/C1CCCCC1. The molecule has 1 fully saturated rings. The summed E-state index contributed by atoms with van der Waals surface area (Å²) in [5.74, 6) is 0.870. The molecule has 0 aliphatic heterocycles. The Labute approximate surface area is 91.9 Å². The van der Waals surface area contributed by atoms with E-state index in [9.17, 15) is 0 Å². The van der Waals surface area contributed by atoms with E-state index in [4.69, 9.17) is 0 Å². The molecule has 0 heterocycles. The van der Waals surface area contributed by atoms with Crippen molar-refractivity contribution in [3.63, 3.8) is 0 Å². The van der Waals surface area contributed by atoms with Gasteiger partial charge in [-0.25, -0.2) is 0 Å². The van der Waals surface area contributed by atoms with Crippen LogP contribution in [-0.4, -0.2) is 8.07 Å². The van der Waals surface area contributed by atoms with Crippen LogP contribution in [0, 0.1) is 5.92 Å². The van der Waals surface area contributed by atoms with Crippen LogP contribution >= 0.6 is 15.9 Å². The molecule has 0 aromatic rings. The fourth-order valence-corrected chi connectivity index (χ4v) is 2.87. The van der Waals surface area contributed by atoms with Crippen LogP contribution in [0.3, 0.4) is 0 Å². The Hall–Kier alpha value is 0.437. The zero-order valence-corrected chi connectivity index (χ0v) is 11.7. The lowest BCUT2D eigenvalue weighted by Crippen LogP contribution is -2.21. The van der Waals surface area contributed by atoms with Gasteiger partial charge in [-0.3, -0.25) is 0 Å². The van der Waals surface area contributed by atoms with Crippen molar-refractivity contribution in [2.24, 2.45) is 5.92 Å². The molecule has 0 aromatic heterocycles. The lowest BCUT2D eigenvalue weighted by Gasteiger charge is -2.22. The van der Waals surface area contributed by atoms with Gasteiger partial charge in [0.2, 0.25) is 0 Å². The normalized spacial score (nSPS) is 22.0. The molecule has 0 atom stereocenters. The van der Waals surface area contributed by atoms with Gasteiger partial charge in [0.05, 0.1) is 8.07 Å². The lowest BCUT2D eigenvalue weighted by molar-refractivity contribution is 0.419. The van der Waals surface area contributed by atoms with Crippen molar-refractivity contribution >= 4 is 24.0 Å². The highest BCUT2D eigenvalue weighted by Crippen LogP contribution is 2.29. The van der Waals surface area contributed by atoms with Gasteiger partial charge in [0, 0.05) is 0 Å². The number of hydrogen-bond acceptors (Lipinski definition) is 0. The van der Waals surface area contributed by atoms with Gasteiger partial charge in [-0.2, -0.15) is 0 Å². The van der Waals surface area contributed by atoms with E-state index >= 15 is 0 Å². The van der Waals surface area contributed by atoms with Crippen molar-refractivity contribution in [1.82, 2.24) is 0 Å². The predicted molar refractivity (Wildman–Crippen MR) is 66.9 cm³/mol. The average Bonchev–Trinajstić information content (AvgIpc) is 2.04. The fourth-order valence-electron chi connectivity index (χ4n) is 1.76. The van der Waals surface area contributed by atoms with Crippen molar-refractivity contribution in [1.29, 1.82) is 0 Å². The molecule has 76 valence electrons. The summed E-state index contributed by atoms with van der Waals surface area (Å²) in [6, 6.07) is 0. The molecule has 0 nitrogen and oxygen atoms in total. The van der Waals surface area contributed by atoms with Gasteiger partial charge in [-0.15, -0.1) is 0 Å². The van der Waals surface area contributed by atoms with Gasteiger partial charge in [0.15, 0.2) is 0 Å². The molecule has 0 saturated heterocycles.